The number of nitrogens with zero attached hydrogens (tertiary/aromatic N) is 3. The number of halogens is 4. The fourth-order valence-electron chi connectivity index (χ4n) is 15.9. The summed E-state index contributed by atoms with van der Waals surface area (Å²) in [5, 5.41) is 146. The van der Waals surface area contributed by atoms with Crippen LogP contribution in [0.4, 0.5) is 5.82 Å². The van der Waals surface area contributed by atoms with Crippen LogP contribution in [-0.4, -0.2) is 224 Å². The molecule has 8 amide bonds. The fraction of sp³-hybridized carbons (Fsp3) is 0.379. The minimum absolute atomic E-state index is 0.0573. The van der Waals surface area contributed by atoms with Crippen molar-refractivity contribution in [3.63, 3.8) is 0 Å². The Balaban J connectivity index is 0.952. The van der Waals surface area contributed by atoms with Gasteiger partial charge in [-0.3, -0.25) is 47.9 Å². The number of aliphatic hydroxyl groups is 6. The predicted octanol–water partition coefficient (Wildman–Crippen LogP) is 3.28. The number of aliphatic hydroxyl groups excluding tert-OH is 6. The van der Waals surface area contributed by atoms with Crippen LogP contribution in [0.1, 0.15) is 127 Å². The van der Waals surface area contributed by atoms with Crippen LogP contribution in [0, 0.1) is 5.92 Å². The molecule has 7 aliphatic heterocycles. The van der Waals surface area contributed by atoms with Crippen molar-refractivity contribution in [1.82, 2.24) is 62.4 Å². The number of nitrogens with one attached hydrogen (secondary N) is 10. The van der Waals surface area contributed by atoms with Crippen LogP contribution in [-0.2, 0) is 72.1 Å². The van der Waals surface area contributed by atoms with E-state index < -0.39 is 265 Å². The van der Waals surface area contributed by atoms with Gasteiger partial charge in [0.2, 0.25) is 53.4 Å². The van der Waals surface area contributed by atoms with Crippen molar-refractivity contribution < 1.29 is 123 Å². The highest BCUT2D eigenvalue weighted by Gasteiger charge is 2.52. The molecule has 40 nitrogen and oxygen atoms in total. The molecular formula is C87H94Cl4N14O26. The van der Waals surface area contributed by atoms with Crippen LogP contribution in [0.3, 0.4) is 0 Å². The molecule has 44 heteroatoms. The summed E-state index contributed by atoms with van der Waals surface area (Å²) in [6, 6.07) is 7.09. The number of ether oxygens (including phenoxy) is 6. The summed E-state index contributed by atoms with van der Waals surface area (Å²) in [6.07, 6.45) is -14.8. The summed E-state index contributed by atoms with van der Waals surface area (Å²) in [7, 11) is 1.46. The minimum atomic E-state index is -2.42. The second kappa shape index (κ2) is 41.2. The molecule has 0 aliphatic carbocycles. The quantitative estimate of drug-likeness (QED) is 0.0386. The third-order valence-corrected chi connectivity index (χ3v) is 23.8. The van der Waals surface area contributed by atoms with Gasteiger partial charge in [0, 0.05) is 82.5 Å². The summed E-state index contributed by atoms with van der Waals surface area (Å²) in [5.74, 6) is -17.3. The number of carbonyl (C=O) groups excluding carboxylic acids is 8. The van der Waals surface area contributed by atoms with Gasteiger partial charge in [-0.1, -0.05) is 84.5 Å². The molecule has 8 aromatic rings. The summed E-state index contributed by atoms with van der Waals surface area (Å²) >= 11 is 26.6. The largest absolute Gasteiger partial charge is 0.507 e. The number of aromatic nitrogens is 3. The third-order valence-electron chi connectivity index (χ3n) is 22.8. The number of carboxylic acids is 1. The molecule has 0 spiro atoms. The van der Waals surface area contributed by atoms with E-state index in [1.54, 1.807) is 31.5 Å². The molecule has 18 atom stereocenters. The topological polar surface area (TPSA) is 605 Å². The Morgan fingerprint density at radius 3 is 2.00 bits per heavy atom. The molecule has 6 aromatic carbocycles. The standard InChI is InChI=1S/C87H94Cl4N14O26/c1-36(2)21-51(93-5)78(117)103-67-69(110)40-9-12-55(49(90)25-40)127-57-27-42-28-58(74(57)131-85-75(73(114)72(113)59(35-106)129-85)130-62-32-87(4,76(115)37(3)126-62)96-18-20-105-19-15-61(99-86(105)125)98-77(116)43-22-44(88)29-45(89)23-43)128-56-13-10-41(26-50(56)91)70(111)68-83(122)102-66(84(123)124)47-30-54(108)48(34-95-17-14-38-7-6-16-94-33-38)71(112)63(47)46-24-39(8-11-53(46)107)64(80(119)104-68)101-81(120)65(42)100-79(118)52(31-60(92)109)97-82(67)121/h6-13,15-16,19,22-30,33,36-37,51-52,59,62,64-70,72-73,75-76,85,93,95-96,106-108,110-115H,14,17-18,20-21,31-32,34-35H2,1-5H3,(H2,92,109)(H,97,121)(H,100,118)(H,101,120)(H,102,122)(H,103,117)(H,104,119)(H,123,124)(H,98,99,116,125)/t37-,51+,52?,59+,62-,64+,65?,66+,67+,68-,69+,70+,72+,73-,75+,76+,85-,87-/m0/s1. The van der Waals surface area contributed by atoms with Crippen LogP contribution in [0.15, 0.2) is 133 Å². The van der Waals surface area contributed by atoms with Gasteiger partial charge >= 0.3 is 11.7 Å². The fourth-order valence-corrected chi connectivity index (χ4v) is 16.9. The number of anilines is 1. The molecule has 0 saturated carbocycles. The molecule has 2 saturated heterocycles. The number of rotatable bonds is 24. The maximum absolute atomic E-state index is 16.5. The van der Waals surface area contributed by atoms with Crippen LogP contribution < -0.4 is 78.8 Å². The van der Waals surface area contributed by atoms with Gasteiger partial charge in [-0.25, -0.2) is 9.59 Å². The van der Waals surface area contributed by atoms with Gasteiger partial charge in [-0.2, -0.15) is 4.98 Å². The van der Waals surface area contributed by atoms with Crippen molar-refractivity contribution in [2.45, 2.75) is 176 Å². The number of likely N-dealkylation sites (N-methyl/N-ethyl adjacent to an activating group) is 1. The molecular weight excluding hydrogens is 1800 g/mol. The lowest BCUT2D eigenvalue weighted by molar-refractivity contribution is -0.334. The Labute approximate surface area is 765 Å². The van der Waals surface area contributed by atoms with Crippen LogP contribution in [0.5, 0.6) is 46.0 Å². The minimum Gasteiger partial charge on any atom is -0.507 e. The number of phenols is 3. The van der Waals surface area contributed by atoms with Gasteiger partial charge in [0.05, 0.1) is 46.9 Å². The van der Waals surface area contributed by atoms with Crippen molar-refractivity contribution in [2.24, 2.45) is 11.7 Å². The summed E-state index contributed by atoms with van der Waals surface area (Å²) in [5.41, 5.74) is 1.13. The number of pyridine rings is 1. The molecule has 9 heterocycles. The first kappa shape index (κ1) is 96.6. The van der Waals surface area contributed by atoms with E-state index in [4.69, 9.17) is 80.6 Å². The number of benzene rings is 6. The molecule has 0 radical (unpaired) electrons. The van der Waals surface area contributed by atoms with E-state index in [1.165, 1.54) is 61.1 Å². The van der Waals surface area contributed by atoms with Gasteiger partial charge < -0.3 is 138 Å². The monoisotopic (exact) mass is 1890 g/mol. The normalized spacial score (nSPS) is 25.3. The number of hydrogen-bond acceptors (Lipinski definition) is 30. The molecule has 2 fully saturated rings. The van der Waals surface area contributed by atoms with Crippen LogP contribution in [0.25, 0.3) is 11.1 Å². The number of fused-ring (bicyclic) bond motifs is 15. The SMILES string of the molecule is CN[C@H](CC(C)C)C(=O)N[C@H]1C(=O)NC(CC(N)=O)C(=O)NC2C(=O)N[C@H]3C(=O)N[C@H](C(=O)N[C@@H](C(=O)O)c4cc(O)c(CNCCc5cccnc5)c(O)c4-c4cc3ccc4O)[C@H](O)c3ccc(c(Cl)c3)Oc3cc2cc(c3O[C@@H]2O[C@H](CO)[C@@H](O)[C@H](O)[C@H]2O[C@H]2C[C@](C)(NCCn3ccc(NC(=O)c4cc(Cl)cc(Cl)c4)nc3=O)[C@H](O)[C@H](C)O2)Oc2ccc(cc2Cl)[C@H]1O. The lowest BCUT2D eigenvalue weighted by Crippen LogP contribution is -2.65. The molecule has 2 unspecified atom stereocenters. The Hall–Kier alpha value is -11.9. The number of carboxylic acid groups (broad SMARTS) is 1. The molecule has 15 rings (SSSR count). The number of amides is 8. The zero-order valence-corrected chi connectivity index (χ0v) is 73.3. The van der Waals surface area contributed by atoms with Crippen molar-refractivity contribution in [3.05, 3.63) is 203 Å². The van der Waals surface area contributed by atoms with E-state index in [-0.39, 0.29) is 83.1 Å². The predicted molar refractivity (Wildman–Crippen MR) is 466 cm³/mol. The van der Waals surface area contributed by atoms with Gasteiger partial charge in [0.25, 0.3) is 5.91 Å². The van der Waals surface area contributed by atoms with E-state index in [9.17, 15) is 75.0 Å². The molecule has 7 aliphatic rings. The van der Waals surface area contributed by atoms with E-state index in [0.717, 1.165) is 66.2 Å². The van der Waals surface area contributed by atoms with Gasteiger partial charge in [0.1, 0.15) is 95.3 Å². The Bertz CT molecular complexity index is 5750. The molecule has 11 bridgehead atoms. The zero-order valence-electron chi connectivity index (χ0n) is 70.3. The first-order valence-electron chi connectivity index (χ1n) is 41.2. The Kier molecular flexibility index (Phi) is 30.4. The lowest BCUT2D eigenvalue weighted by atomic mass is 9.85. The number of nitrogens with two attached hydrogens (primary N) is 1. The maximum Gasteiger partial charge on any atom is 0.349 e. The smallest absolute Gasteiger partial charge is 0.349 e. The zero-order chi connectivity index (χ0) is 94.5. The summed E-state index contributed by atoms with van der Waals surface area (Å²) in [6.45, 7) is 5.38. The Morgan fingerprint density at radius 2 is 1.37 bits per heavy atom. The highest BCUT2D eigenvalue weighted by atomic mass is 35.5. The number of hydrogen-bond donors (Lipinski definition) is 21. The van der Waals surface area contributed by atoms with Crippen molar-refractivity contribution >= 4 is 105 Å². The molecule has 696 valence electrons. The first-order chi connectivity index (χ1) is 62.3. The van der Waals surface area contributed by atoms with Crippen LogP contribution in [0.2, 0.25) is 20.1 Å². The number of phenolic OH excluding ortho intramolecular Hbond substituents is 3. The number of aromatic hydroxyl groups is 3. The second-order valence-electron chi connectivity index (χ2n) is 32.5. The molecule has 22 N–H and O–H groups in total. The van der Waals surface area contributed by atoms with E-state index in [2.05, 4.69) is 63.1 Å². The molecule has 2 aromatic heterocycles. The third kappa shape index (κ3) is 22.0. The average Bonchev–Trinajstić information content (AvgIpc) is 0.719. The summed E-state index contributed by atoms with van der Waals surface area (Å²) < 4.78 is 40.7. The highest BCUT2D eigenvalue weighted by molar-refractivity contribution is 6.35. The van der Waals surface area contributed by atoms with E-state index in [1.807, 2.05) is 13.8 Å². The first-order valence-corrected chi connectivity index (χ1v) is 42.7. The maximum atomic E-state index is 16.5. The van der Waals surface area contributed by atoms with Crippen molar-refractivity contribution in [3.8, 4) is 57.1 Å². The van der Waals surface area contributed by atoms with Crippen molar-refractivity contribution in [2.75, 3.05) is 32.1 Å². The average molecular weight is 1890 g/mol. The second-order valence-corrected chi connectivity index (χ2v) is 34.2. The molecule has 131 heavy (non-hydrogen) atoms. The van der Waals surface area contributed by atoms with Crippen LogP contribution >= 0.6 is 46.4 Å². The lowest BCUT2D eigenvalue weighted by Gasteiger charge is -2.48. The van der Waals surface area contributed by atoms with E-state index >= 15 is 24.0 Å². The number of aliphatic carboxylic acids is 1. The number of carbonyl (C=O) groups is 9. The number of primary amides is 1. The van der Waals surface area contributed by atoms with Gasteiger partial charge in [-0.15, -0.1) is 0 Å². The van der Waals surface area contributed by atoms with Gasteiger partial charge in [-0.05, 0) is 159 Å². The van der Waals surface area contributed by atoms with E-state index in [0.29, 0.717) is 6.42 Å². The summed E-state index contributed by atoms with van der Waals surface area (Å²) in [4.78, 5) is 154. The van der Waals surface area contributed by atoms with Crippen molar-refractivity contribution in [1.29, 1.82) is 0 Å². The Morgan fingerprint density at radius 1 is 0.718 bits per heavy atom. The highest BCUT2D eigenvalue weighted by Crippen LogP contribution is 2.51. The van der Waals surface area contributed by atoms with Gasteiger partial charge in [0.15, 0.2) is 29.9 Å².